The molecule has 3 aromatic rings. The number of nitro groups is 1. The molecule has 35 heavy (non-hydrogen) atoms. The normalized spacial score (nSPS) is 14.0. The Morgan fingerprint density at radius 3 is 2.54 bits per heavy atom. The second kappa shape index (κ2) is 10.5. The second-order valence-corrected chi connectivity index (χ2v) is 8.60. The van der Waals surface area contributed by atoms with E-state index in [2.05, 4.69) is 25.5 Å². The van der Waals surface area contributed by atoms with Crippen molar-refractivity contribution in [3.8, 4) is 0 Å². The van der Waals surface area contributed by atoms with Gasteiger partial charge in [0.05, 0.1) is 4.92 Å². The number of anilines is 4. The van der Waals surface area contributed by atoms with Crippen LogP contribution in [0.25, 0.3) is 0 Å². The van der Waals surface area contributed by atoms with Gasteiger partial charge in [0.1, 0.15) is 17.8 Å². The number of carbonyl (C=O) groups is 1. The highest BCUT2D eigenvalue weighted by atomic mass is 16.6. The Balaban J connectivity index is 1.56. The van der Waals surface area contributed by atoms with Crippen LogP contribution in [0.3, 0.4) is 0 Å². The predicted octanol–water partition coefficient (Wildman–Crippen LogP) is 4.00. The SMILES string of the molecule is CCc1ccc(Nc2cc(C)ncn2)cc1NC(=O)c1ccc(N2CCN(C)CC2)c([N+](=O)[O-])c1. The van der Waals surface area contributed by atoms with E-state index >= 15 is 0 Å². The highest BCUT2D eigenvalue weighted by Crippen LogP contribution is 2.31. The molecule has 1 amide bonds. The van der Waals surface area contributed by atoms with Crippen molar-refractivity contribution in [3.63, 3.8) is 0 Å². The van der Waals surface area contributed by atoms with Crippen LogP contribution in [0.1, 0.15) is 28.5 Å². The average molecular weight is 476 g/mol. The van der Waals surface area contributed by atoms with Gasteiger partial charge in [0.25, 0.3) is 11.6 Å². The summed E-state index contributed by atoms with van der Waals surface area (Å²) in [5, 5.41) is 18.0. The third-order valence-corrected chi connectivity index (χ3v) is 6.09. The Kier molecular flexibility index (Phi) is 7.21. The fourth-order valence-electron chi connectivity index (χ4n) is 4.07. The number of aromatic nitrogens is 2. The number of amides is 1. The number of piperazine rings is 1. The maximum Gasteiger partial charge on any atom is 0.293 e. The van der Waals surface area contributed by atoms with Gasteiger partial charge < -0.3 is 20.4 Å². The van der Waals surface area contributed by atoms with E-state index < -0.39 is 10.8 Å². The summed E-state index contributed by atoms with van der Waals surface area (Å²) in [4.78, 5) is 37.0. The Morgan fingerprint density at radius 1 is 1.09 bits per heavy atom. The maximum atomic E-state index is 13.1. The number of nitro benzene ring substituents is 1. The summed E-state index contributed by atoms with van der Waals surface area (Å²) < 4.78 is 0. The summed E-state index contributed by atoms with van der Waals surface area (Å²) in [7, 11) is 2.03. The fourth-order valence-corrected chi connectivity index (χ4v) is 4.07. The maximum absolute atomic E-state index is 13.1. The first-order chi connectivity index (χ1) is 16.8. The van der Waals surface area contributed by atoms with Gasteiger partial charge in [0.15, 0.2) is 0 Å². The van der Waals surface area contributed by atoms with Gasteiger partial charge in [0, 0.05) is 60.9 Å². The van der Waals surface area contributed by atoms with Gasteiger partial charge >= 0.3 is 0 Å². The van der Waals surface area contributed by atoms with Crippen molar-refractivity contribution in [3.05, 3.63) is 75.7 Å². The van der Waals surface area contributed by atoms with E-state index in [-0.39, 0.29) is 11.3 Å². The van der Waals surface area contributed by atoms with Crippen LogP contribution in [0, 0.1) is 17.0 Å². The standard InChI is InChI=1S/C25H29N7O3/c1-4-18-5-7-20(28-24-13-17(2)26-16-27-24)15-21(18)29-25(33)19-6-8-22(23(14-19)32(34)35)31-11-9-30(3)10-12-31/h5-8,13-16H,4,9-12H2,1-3H3,(H,29,33)(H,26,27,28). The molecule has 2 heterocycles. The van der Waals surface area contributed by atoms with Gasteiger partial charge in [-0.1, -0.05) is 13.0 Å². The molecule has 0 bridgehead atoms. The summed E-state index contributed by atoms with van der Waals surface area (Å²) in [5.41, 5.74) is 3.90. The highest BCUT2D eigenvalue weighted by Gasteiger charge is 2.24. The lowest BCUT2D eigenvalue weighted by Gasteiger charge is -2.33. The van der Waals surface area contributed by atoms with Crippen LogP contribution in [0.5, 0.6) is 0 Å². The third kappa shape index (κ3) is 5.72. The first kappa shape index (κ1) is 24.1. The van der Waals surface area contributed by atoms with E-state index in [4.69, 9.17) is 0 Å². The van der Waals surface area contributed by atoms with Crippen molar-refractivity contribution in [2.45, 2.75) is 20.3 Å². The minimum atomic E-state index is -0.420. The predicted molar refractivity (Wildman–Crippen MR) is 137 cm³/mol. The number of likely N-dealkylation sites (N-methyl/N-ethyl adjacent to an activating group) is 1. The number of carbonyl (C=O) groups excluding carboxylic acids is 1. The van der Waals surface area contributed by atoms with Crippen molar-refractivity contribution in [2.24, 2.45) is 0 Å². The monoisotopic (exact) mass is 475 g/mol. The molecule has 10 heteroatoms. The van der Waals surface area contributed by atoms with Gasteiger partial charge in [-0.25, -0.2) is 9.97 Å². The second-order valence-electron chi connectivity index (χ2n) is 8.60. The summed E-state index contributed by atoms with van der Waals surface area (Å²) >= 11 is 0. The number of hydrogen-bond donors (Lipinski definition) is 2. The zero-order valence-electron chi connectivity index (χ0n) is 20.1. The van der Waals surface area contributed by atoms with Crippen LogP contribution >= 0.6 is 0 Å². The van der Waals surface area contributed by atoms with Crippen LogP contribution in [0.4, 0.5) is 28.6 Å². The molecule has 1 aliphatic rings. The molecule has 2 aromatic carbocycles. The van der Waals surface area contributed by atoms with Crippen LogP contribution in [-0.4, -0.2) is 58.9 Å². The van der Waals surface area contributed by atoms with Crippen molar-refractivity contribution < 1.29 is 9.72 Å². The molecule has 1 aromatic heterocycles. The molecule has 0 radical (unpaired) electrons. The minimum Gasteiger partial charge on any atom is -0.363 e. The minimum absolute atomic E-state index is 0.0625. The molecular formula is C25H29N7O3. The fraction of sp³-hybridized carbons (Fsp3) is 0.320. The van der Waals surface area contributed by atoms with Crippen molar-refractivity contribution >= 4 is 34.5 Å². The topological polar surface area (TPSA) is 117 Å². The molecule has 1 fully saturated rings. The molecule has 1 aliphatic heterocycles. The smallest absolute Gasteiger partial charge is 0.293 e. The summed E-state index contributed by atoms with van der Waals surface area (Å²) in [5.74, 6) is 0.247. The van der Waals surface area contributed by atoms with E-state index in [1.165, 1.54) is 12.4 Å². The zero-order valence-corrected chi connectivity index (χ0v) is 20.1. The van der Waals surface area contributed by atoms with Crippen molar-refractivity contribution in [1.29, 1.82) is 0 Å². The van der Waals surface area contributed by atoms with Gasteiger partial charge in [-0.3, -0.25) is 14.9 Å². The largest absolute Gasteiger partial charge is 0.363 e. The lowest BCUT2D eigenvalue weighted by atomic mass is 10.1. The lowest BCUT2D eigenvalue weighted by Crippen LogP contribution is -2.44. The molecule has 182 valence electrons. The molecule has 10 nitrogen and oxygen atoms in total. The van der Waals surface area contributed by atoms with Crippen LogP contribution < -0.4 is 15.5 Å². The highest BCUT2D eigenvalue weighted by molar-refractivity contribution is 6.05. The number of rotatable bonds is 7. The van der Waals surface area contributed by atoms with Crippen molar-refractivity contribution in [1.82, 2.24) is 14.9 Å². The molecule has 0 saturated carbocycles. The number of hydrogen-bond acceptors (Lipinski definition) is 8. The van der Waals surface area contributed by atoms with Crippen LogP contribution in [0.2, 0.25) is 0 Å². The summed E-state index contributed by atoms with van der Waals surface area (Å²) in [6.07, 6.45) is 2.20. The van der Waals surface area contributed by atoms with Gasteiger partial charge in [-0.2, -0.15) is 0 Å². The average Bonchev–Trinajstić information content (AvgIpc) is 2.84. The molecule has 2 N–H and O–H groups in total. The summed E-state index contributed by atoms with van der Waals surface area (Å²) in [6.45, 7) is 6.95. The lowest BCUT2D eigenvalue weighted by molar-refractivity contribution is -0.384. The van der Waals surface area contributed by atoms with Gasteiger partial charge in [-0.05, 0) is 50.2 Å². The number of benzene rings is 2. The van der Waals surface area contributed by atoms with E-state index in [0.717, 1.165) is 30.0 Å². The molecule has 1 saturated heterocycles. The summed E-state index contributed by atoms with van der Waals surface area (Å²) in [6, 6.07) is 12.2. The first-order valence-corrected chi connectivity index (χ1v) is 11.6. The molecule has 0 atom stereocenters. The van der Waals surface area contributed by atoms with Crippen LogP contribution in [-0.2, 0) is 6.42 Å². The molecule has 0 aliphatic carbocycles. The third-order valence-electron chi connectivity index (χ3n) is 6.09. The van der Waals surface area contributed by atoms with Gasteiger partial charge in [0.2, 0.25) is 0 Å². The van der Waals surface area contributed by atoms with E-state index in [9.17, 15) is 14.9 Å². The Labute approximate surface area is 204 Å². The molecule has 4 rings (SSSR count). The Hall–Kier alpha value is -4.05. The van der Waals surface area contributed by atoms with E-state index in [1.54, 1.807) is 12.1 Å². The van der Waals surface area contributed by atoms with E-state index in [1.807, 2.05) is 50.1 Å². The number of aryl methyl sites for hydroxylation is 2. The zero-order chi connectivity index (χ0) is 24.9. The Morgan fingerprint density at radius 2 is 1.86 bits per heavy atom. The van der Waals surface area contributed by atoms with E-state index in [0.29, 0.717) is 36.7 Å². The first-order valence-electron chi connectivity index (χ1n) is 11.6. The van der Waals surface area contributed by atoms with Crippen molar-refractivity contribution in [2.75, 3.05) is 48.8 Å². The number of nitrogens with zero attached hydrogens (tertiary/aromatic N) is 5. The molecule has 0 spiro atoms. The van der Waals surface area contributed by atoms with Gasteiger partial charge in [-0.15, -0.1) is 0 Å². The Bertz CT molecular complexity index is 1240. The van der Waals surface area contributed by atoms with Crippen LogP contribution in [0.15, 0.2) is 48.8 Å². The molecule has 0 unspecified atom stereocenters. The quantitative estimate of drug-likeness (QED) is 0.389. The molecular weight excluding hydrogens is 446 g/mol. The number of nitrogens with one attached hydrogen (secondary N) is 2.